The second-order valence-corrected chi connectivity index (χ2v) is 8.72. The van der Waals surface area contributed by atoms with Gasteiger partial charge in [0.15, 0.2) is 0 Å². The minimum absolute atomic E-state index is 0.0181. The van der Waals surface area contributed by atoms with Crippen LogP contribution in [-0.4, -0.2) is 56.3 Å². The van der Waals surface area contributed by atoms with Crippen molar-refractivity contribution in [3.8, 4) is 5.75 Å². The van der Waals surface area contributed by atoms with Gasteiger partial charge in [-0.1, -0.05) is 48.5 Å². The Hall–Kier alpha value is -2.64. The van der Waals surface area contributed by atoms with Gasteiger partial charge in [-0.25, -0.2) is 8.42 Å². The van der Waals surface area contributed by atoms with Crippen molar-refractivity contribution < 1.29 is 17.9 Å². The number of sulfonamides is 1. The Morgan fingerprint density at radius 2 is 1.66 bits per heavy atom. The molecule has 29 heavy (non-hydrogen) atoms. The summed E-state index contributed by atoms with van der Waals surface area (Å²) in [5.41, 5.74) is 1.86. The molecule has 1 aliphatic rings. The highest BCUT2D eigenvalue weighted by atomic mass is 32.2. The number of rotatable bonds is 7. The number of aryl methyl sites for hydroxylation is 1. The van der Waals surface area contributed by atoms with Gasteiger partial charge in [-0.05, 0) is 30.2 Å². The third-order valence-electron chi connectivity index (χ3n) is 4.85. The number of carbonyl (C=O) groups excluding carboxylic acids is 1. The summed E-state index contributed by atoms with van der Waals surface area (Å²) >= 11 is 0. The van der Waals surface area contributed by atoms with E-state index < -0.39 is 10.0 Å². The molecule has 0 saturated carbocycles. The smallest absolute Gasteiger partial charge is 0.236 e. The molecular formula is C22H26N2O4S. The number of nitrogens with zero attached hydrogens (tertiary/aromatic N) is 2. The van der Waals surface area contributed by atoms with E-state index in [9.17, 15) is 13.2 Å². The molecule has 2 aromatic rings. The Balaban J connectivity index is 1.46. The maximum atomic E-state index is 12.5. The van der Waals surface area contributed by atoms with Crippen LogP contribution in [0.15, 0.2) is 60.0 Å². The first-order valence-electron chi connectivity index (χ1n) is 9.65. The predicted molar refractivity (Wildman–Crippen MR) is 114 cm³/mol. The fourth-order valence-corrected chi connectivity index (χ4v) is 4.31. The van der Waals surface area contributed by atoms with Crippen LogP contribution in [0.5, 0.6) is 5.75 Å². The van der Waals surface area contributed by atoms with E-state index in [1.165, 1.54) is 9.71 Å². The molecular weight excluding hydrogens is 388 g/mol. The number of piperazine rings is 1. The zero-order chi connectivity index (χ0) is 20.7. The molecule has 0 atom stereocenters. The molecule has 2 aromatic carbocycles. The van der Waals surface area contributed by atoms with Crippen molar-refractivity contribution >= 4 is 22.0 Å². The first-order valence-corrected chi connectivity index (χ1v) is 11.2. The van der Waals surface area contributed by atoms with Crippen molar-refractivity contribution in [2.75, 3.05) is 32.8 Å². The van der Waals surface area contributed by atoms with Gasteiger partial charge < -0.3 is 9.64 Å². The average Bonchev–Trinajstić information content (AvgIpc) is 2.74. The lowest BCUT2D eigenvalue weighted by Crippen LogP contribution is -2.50. The lowest BCUT2D eigenvalue weighted by molar-refractivity contribution is -0.132. The van der Waals surface area contributed by atoms with E-state index in [0.717, 1.165) is 16.9 Å². The van der Waals surface area contributed by atoms with E-state index in [0.29, 0.717) is 32.8 Å². The van der Waals surface area contributed by atoms with Gasteiger partial charge in [0.1, 0.15) is 5.75 Å². The molecule has 0 radical (unpaired) electrons. The van der Waals surface area contributed by atoms with Gasteiger partial charge >= 0.3 is 0 Å². The quantitative estimate of drug-likeness (QED) is 0.699. The monoisotopic (exact) mass is 414 g/mol. The standard InChI is InChI=1S/C22H26N2O4S/c1-19-7-5-6-10-21(19)28-17-11-22(25)23-13-15-24(16-14-23)29(26,27)18-12-20-8-3-2-4-9-20/h2-10,12,18H,11,13-17H2,1H3/b18-12+. The second-order valence-electron chi connectivity index (χ2n) is 6.90. The summed E-state index contributed by atoms with van der Waals surface area (Å²) in [6, 6.07) is 17.0. The fraction of sp³-hybridized carbons (Fsp3) is 0.318. The molecule has 1 heterocycles. The van der Waals surface area contributed by atoms with Gasteiger partial charge in [0.05, 0.1) is 13.0 Å². The van der Waals surface area contributed by atoms with Crippen LogP contribution in [0.1, 0.15) is 17.5 Å². The number of ether oxygens (including phenoxy) is 1. The van der Waals surface area contributed by atoms with E-state index in [1.807, 2.05) is 61.5 Å². The lowest BCUT2D eigenvalue weighted by atomic mass is 10.2. The SMILES string of the molecule is Cc1ccccc1OCCC(=O)N1CCN(S(=O)(=O)/C=C/c2ccccc2)CC1. The Bertz CT molecular complexity index is 950. The Morgan fingerprint density at radius 3 is 2.34 bits per heavy atom. The van der Waals surface area contributed by atoms with E-state index in [2.05, 4.69) is 0 Å². The van der Waals surface area contributed by atoms with Crippen LogP contribution < -0.4 is 4.74 Å². The molecule has 1 aliphatic heterocycles. The molecule has 0 aromatic heterocycles. The number of amides is 1. The Labute approximate surface area is 172 Å². The molecule has 0 bridgehead atoms. The van der Waals surface area contributed by atoms with Crippen LogP contribution >= 0.6 is 0 Å². The highest BCUT2D eigenvalue weighted by Crippen LogP contribution is 2.17. The minimum atomic E-state index is -3.50. The normalized spacial score (nSPS) is 15.6. The molecule has 0 unspecified atom stereocenters. The van der Waals surface area contributed by atoms with Crippen LogP contribution in [0.25, 0.3) is 6.08 Å². The van der Waals surface area contributed by atoms with E-state index >= 15 is 0 Å². The summed E-state index contributed by atoms with van der Waals surface area (Å²) in [5.74, 6) is 0.761. The summed E-state index contributed by atoms with van der Waals surface area (Å²) < 4.78 is 32.1. The lowest BCUT2D eigenvalue weighted by Gasteiger charge is -2.33. The molecule has 7 heteroatoms. The number of carbonyl (C=O) groups is 1. The Kier molecular flexibility index (Phi) is 7.06. The molecule has 0 aliphatic carbocycles. The van der Waals surface area contributed by atoms with Gasteiger partial charge in [0, 0.05) is 31.6 Å². The van der Waals surface area contributed by atoms with Gasteiger partial charge in [0.25, 0.3) is 0 Å². The van der Waals surface area contributed by atoms with Gasteiger partial charge in [0.2, 0.25) is 15.9 Å². The summed E-state index contributed by atoms with van der Waals surface area (Å²) in [6.07, 6.45) is 1.87. The van der Waals surface area contributed by atoms with Crippen molar-refractivity contribution in [3.63, 3.8) is 0 Å². The third kappa shape index (κ3) is 5.92. The highest BCUT2D eigenvalue weighted by molar-refractivity contribution is 7.92. The number of hydrogen-bond donors (Lipinski definition) is 0. The topological polar surface area (TPSA) is 66.9 Å². The molecule has 1 amide bonds. The summed E-state index contributed by atoms with van der Waals surface area (Å²) in [4.78, 5) is 14.1. The average molecular weight is 415 g/mol. The van der Waals surface area contributed by atoms with Crippen LogP contribution in [-0.2, 0) is 14.8 Å². The summed E-state index contributed by atoms with van der Waals surface area (Å²) in [7, 11) is -3.50. The largest absolute Gasteiger partial charge is 0.493 e. The number of hydrogen-bond acceptors (Lipinski definition) is 4. The van der Waals surface area contributed by atoms with Crippen LogP contribution in [0.3, 0.4) is 0 Å². The Morgan fingerprint density at radius 1 is 1.00 bits per heavy atom. The van der Waals surface area contributed by atoms with Gasteiger partial charge in [-0.3, -0.25) is 4.79 Å². The fourth-order valence-electron chi connectivity index (χ4n) is 3.13. The van der Waals surface area contributed by atoms with E-state index in [4.69, 9.17) is 4.74 Å². The van der Waals surface area contributed by atoms with Gasteiger partial charge in [-0.15, -0.1) is 0 Å². The second kappa shape index (κ2) is 9.71. The molecule has 6 nitrogen and oxygen atoms in total. The molecule has 0 N–H and O–H groups in total. The first-order chi connectivity index (χ1) is 14.0. The van der Waals surface area contributed by atoms with Crippen molar-refractivity contribution in [2.45, 2.75) is 13.3 Å². The molecule has 1 fully saturated rings. The summed E-state index contributed by atoms with van der Waals surface area (Å²) in [5, 5.41) is 1.23. The zero-order valence-corrected chi connectivity index (χ0v) is 17.3. The molecule has 3 rings (SSSR count). The highest BCUT2D eigenvalue weighted by Gasteiger charge is 2.27. The van der Waals surface area contributed by atoms with E-state index in [1.54, 1.807) is 11.0 Å². The summed E-state index contributed by atoms with van der Waals surface area (Å²) in [6.45, 7) is 3.64. The molecule has 0 spiro atoms. The number of para-hydroxylation sites is 1. The molecule has 1 saturated heterocycles. The van der Waals surface area contributed by atoms with Crippen LogP contribution in [0.2, 0.25) is 0 Å². The van der Waals surface area contributed by atoms with Crippen molar-refractivity contribution in [1.82, 2.24) is 9.21 Å². The van der Waals surface area contributed by atoms with E-state index in [-0.39, 0.29) is 12.3 Å². The molecule has 154 valence electrons. The van der Waals surface area contributed by atoms with Crippen LogP contribution in [0, 0.1) is 6.92 Å². The first kappa shape index (κ1) is 21.1. The minimum Gasteiger partial charge on any atom is -0.493 e. The maximum absolute atomic E-state index is 12.5. The zero-order valence-electron chi connectivity index (χ0n) is 16.5. The third-order valence-corrected chi connectivity index (χ3v) is 6.42. The van der Waals surface area contributed by atoms with Crippen LogP contribution in [0.4, 0.5) is 0 Å². The predicted octanol–water partition coefficient (Wildman–Crippen LogP) is 2.91. The number of benzene rings is 2. The van der Waals surface area contributed by atoms with Gasteiger partial charge in [-0.2, -0.15) is 4.31 Å². The maximum Gasteiger partial charge on any atom is 0.236 e. The van der Waals surface area contributed by atoms with Crippen molar-refractivity contribution in [2.24, 2.45) is 0 Å². The van der Waals surface area contributed by atoms with Crippen molar-refractivity contribution in [1.29, 1.82) is 0 Å². The van der Waals surface area contributed by atoms with Crippen molar-refractivity contribution in [3.05, 3.63) is 71.1 Å².